The first kappa shape index (κ1) is 20.9. The fourth-order valence-corrected chi connectivity index (χ4v) is 2.18. The summed E-state index contributed by atoms with van der Waals surface area (Å²) in [7, 11) is 1.53. The molecule has 0 aromatic heterocycles. The van der Waals surface area contributed by atoms with Crippen molar-refractivity contribution in [3.63, 3.8) is 0 Å². The van der Waals surface area contributed by atoms with Gasteiger partial charge in [0.15, 0.2) is 0 Å². The van der Waals surface area contributed by atoms with Crippen molar-refractivity contribution < 1.29 is 27.5 Å². The monoisotopic (exact) mass is 393 g/mol. The van der Waals surface area contributed by atoms with Crippen molar-refractivity contribution in [1.82, 2.24) is 5.43 Å². The number of halogens is 3. The van der Waals surface area contributed by atoms with Crippen molar-refractivity contribution in [2.75, 3.05) is 12.4 Å². The van der Waals surface area contributed by atoms with Crippen LogP contribution in [0.25, 0.3) is 0 Å². The summed E-state index contributed by atoms with van der Waals surface area (Å²) < 4.78 is 43.0. The number of hydrazone groups is 1. The average Bonchev–Trinajstić information content (AvgIpc) is 2.66. The first-order valence-corrected chi connectivity index (χ1v) is 8.21. The van der Waals surface area contributed by atoms with Gasteiger partial charge in [0.2, 0.25) is 11.8 Å². The summed E-state index contributed by atoms with van der Waals surface area (Å²) in [5.74, 6) is -0.439. The second kappa shape index (κ2) is 9.54. The second-order valence-electron chi connectivity index (χ2n) is 5.70. The summed E-state index contributed by atoms with van der Waals surface area (Å²) in [6, 6.07) is 11.3. The van der Waals surface area contributed by atoms with E-state index >= 15 is 0 Å². The SMILES string of the molecule is COc1cccc(C=NNC(=O)CCC(=O)Nc2cccc(C(F)(F)F)c2)c1. The molecule has 0 saturated carbocycles. The highest BCUT2D eigenvalue weighted by Crippen LogP contribution is 2.30. The molecule has 0 aliphatic heterocycles. The molecule has 2 N–H and O–H groups in total. The van der Waals surface area contributed by atoms with E-state index in [0.717, 1.165) is 12.1 Å². The number of nitrogens with zero attached hydrogens (tertiary/aromatic N) is 1. The molecule has 2 rings (SSSR count). The molecule has 148 valence electrons. The summed E-state index contributed by atoms with van der Waals surface area (Å²) >= 11 is 0. The van der Waals surface area contributed by atoms with E-state index in [4.69, 9.17) is 4.74 Å². The molecule has 0 aliphatic rings. The number of nitrogens with one attached hydrogen (secondary N) is 2. The first-order valence-electron chi connectivity index (χ1n) is 8.21. The van der Waals surface area contributed by atoms with E-state index in [-0.39, 0.29) is 18.5 Å². The van der Waals surface area contributed by atoms with Crippen LogP contribution in [0.3, 0.4) is 0 Å². The zero-order valence-corrected chi connectivity index (χ0v) is 14.9. The number of rotatable bonds is 7. The van der Waals surface area contributed by atoms with E-state index in [1.54, 1.807) is 24.3 Å². The van der Waals surface area contributed by atoms with Crippen LogP contribution in [0.5, 0.6) is 5.75 Å². The number of amides is 2. The smallest absolute Gasteiger partial charge is 0.416 e. The van der Waals surface area contributed by atoms with Gasteiger partial charge in [-0.3, -0.25) is 9.59 Å². The van der Waals surface area contributed by atoms with Crippen LogP contribution in [0.1, 0.15) is 24.0 Å². The standard InChI is InChI=1S/C19H18F3N3O3/c1-28-16-7-2-4-13(10-16)12-23-25-18(27)9-8-17(26)24-15-6-3-5-14(11-15)19(20,21)22/h2-7,10-12H,8-9H2,1H3,(H,24,26)(H,25,27). The molecule has 6 nitrogen and oxygen atoms in total. The van der Waals surface area contributed by atoms with Crippen molar-refractivity contribution in [3.05, 3.63) is 59.7 Å². The molecular formula is C19H18F3N3O3. The predicted molar refractivity (Wildman–Crippen MR) is 98.0 cm³/mol. The molecular weight excluding hydrogens is 375 g/mol. The van der Waals surface area contributed by atoms with Gasteiger partial charge in [0.25, 0.3) is 0 Å². The summed E-state index contributed by atoms with van der Waals surface area (Å²) in [4.78, 5) is 23.5. The number of hydrogen-bond donors (Lipinski definition) is 2. The van der Waals surface area contributed by atoms with Gasteiger partial charge in [-0.25, -0.2) is 5.43 Å². The zero-order valence-electron chi connectivity index (χ0n) is 14.9. The molecule has 0 atom stereocenters. The molecule has 2 amide bonds. The number of anilines is 1. The van der Waals surface area contributed by atoms with Gasteiger partial charge in [0, 0.05) is 18.5 Å². The van der Waals surface area contributed by atoms with E-state index in [1.165, 1.54) is 25.5 Å². The lowest BCUT2D eigenvalue weighted by Gasteiger charge is -2.09. The van der Waals surface area contributed by atoms with E-state index in [1.807, 2.05) is 0 Å². The first-order chi connectivity index (χ1) is 13.3. The Bertz CT molecular complexity index is 867. The van der Waals surface area contributed by atoms with E-state index in [9.17, 15) is 22.8 Å². The average molecular weight is 393 g/mol. The normalized spacial score (nSPS) is 11.3. The Hall–Kier alpha value is -3.36. The lowest BCUT2D eigenvalue weighted by Crippen LogP contribution is -2.20. The molecule has 0 unspecified atom stereocenters. The van der Waals surface area contributed by atoms with Crippen molar-refractivity contribution in [2.24, 2.45) is 5.10 Å². The van der Waals surface area contributed by atoms with Crippen LogP contribution in [-0.2, 0) is 15.8 Å². The van der Waals surface area contributed by atoms with Crippen molar-refractivity contribution in [1.29, 1.82) is 0 Å². The van der Waals surface area contributed by atoms with E-state index in [0.29, 0.717) is 11.3 Å². The van der Waals surface area contributed by atoms with Gasteiger partial charge in [-0.2, -0.15) is 18.3 Å². The molecule has 28 heavy (non-hydrogen) atoms. The Morgan fingerprint density at radius 3 is 2.50 bits per heavy atom. The molecule has 0 aliphatic carbocycles. The molecule has 0 bridgehead atoms. The summed E-state index contributed by atoms with van der Waals surface area (Å²) in [6.07, 6.45) is -3.44. The van der Waals surface area contributed by atoms with E-state index < -0.39 is 23.6 Å². The molecule has 9 heteroatoms. The highest BCUT2D eigenvalue weighted by molar-refractivity contribution is 5.93. The van der Waals surface area contributed by atoms with Crippen LogP contribution >= 0.6 is 0 Å². The number of benzene rings is 2. The molecule has 0 saturated heterocycles. The minimum Gasteiger partial charge on any atom is -0.497 e. The molecule has 0 heterocycles. The predicted octanol–water partition coefficient (Wildman–Crippen LogP) is 3.58. The minimum atomic E-state index is -4.50. The number of alkyl halides is 3. The summed E-state index contributed by atoms with van der Waals surface area (Å²) in [5.41, 5.74) is 2.13. The van der Waals surface area contributed by atoms with Gasteiger partial charge >= 0.3 is 6.18 Å². The van der Waals surface area contributed by atoms with E-state index in [2.05, 4.69) is 15.8 Å². The number of hydrogen-bond acceptors (Lipinski definition) is 4. The maximum atomic E-state index is 12.7. The van der Waals surface area contributed by atoms with Crippen LogP contribution in [-0.4, -0.2) is 25.1 Å². The largest absolute Gasteiger partial charge is 0.497 e. The third-order valence-corrected chi connectivity index (χ3v) is 3.55. The van der Waals surface area contributed by atoms with Crippen LogP contribution in [0, 0.1) is 0 Å². The highest BCUT2D eigenvalue weighted by Gasteiger charge is 2.30. The Labute approximate surface area is 159 Å². The Morgan fingerprint density at radius 2 is 1.79 bits per heavy atom. The number of carbonyl (C=O) groups is 2. The highest BCUT2D eigenvalue weighted by atomic mass is 19.4. The summed E-state index contributed by atoms with van der Waals surface area (Å²) in [5, 5.41) is 6.11. The van der Waals surface area contributed by atoms with Crippen LogP contribution in [0.2, 0.25) is 0 Å². The third-order valence-electron chi connectivity index (χ3n) is 3.55. The molecule has 2 aromatic rings. The molecule has 0 radical (unpaired) electrons. The maximum Gasteiger partial charge on any atom is 0.416 e. The molecule has 2 aromatic carbocycles. The lowest BCUT2D eigenvalue weighted by molar-refractivity contribution is -0.137. The van der Waals surface area contributed by atoms with Crippen molar-refractivity contribution >= 4 is 23.7 Å². The Kier molecular flexibility index (Phi) is 7.14. The molecule has 0 spiro atoms. The molecule has 0 fully saturated rings. The van der Waals surface area contributed by atoms with Crippen LogP contribution in [0.4, 0.5) is 18.9 Å². The Balaban J connectivity index is 1.79. The quantitative estimate of drug-likeness (QED) is 0.557. The van der Waals surface area contributed by atoms with Gasteiger partial charge in [0.05, 0.1) is 18.9 Å². The number of methoxy groups -OCH3 is 1. The summed E-state index contributed by atoms with van der Waals surface area (Å²) in [6.45, 7) is 0. The van der Waals surface area contributed by atoms with Crippen molar-refractivity contribution in [3.8, 4) is 5.75 Å². The van der Waals surface area contributed by atoms with Crippen molar-refractivity contribution in [2.45, 2.75) is 19.0 Å². The fourth-order valence-electron chi connectivity index (χ4n) is 2.18. The van der Waals surface area contributed by atoms with Gasteiger partial charge in [-0.15, -0.1) is 0 Å². The number of carbonyl (C=O) groups excluding carboxylic acids is 2. The Morgan fingerprint density at radius 1 is 1.07 bits per heavy atom. The van der Waals surface area contributed by atoms with Gasteiger partial charge in [0.1, 0.15) is 5.75 Å². The van der Waals surface area contributed by atoms with Gasteiger partial charge in [-0.05, 0) is 35.9 Å². The fraction of sp³-hybridized carbons (Fsp3) is 0.211. The van der Waals surface area contributed by atoms with Crippen LogP contribution < -0.4 is 15.5 Å². The topological polar surface area (TPSA) is 79.8 Å². The lowest BCUT2D eigenvalue weighted by atomic mass is 10.2. The van der Waals surface area contributed by atoms with Crippen LogP contribution in [0.15, 0.2) is 53.6 Å². The van der Waals surface area contributed by atoms with Gasteiger partial charge in [-0.1, -0.05) is 18.2 Å². The minimum absolute atomic E-state index is 0.0104. The number of ether oxygens (including phenoxy) is 1. The van der Waals surface area contributed by atoms with Gasteiger partial charge < -0.3 is 10.1 Å². The second-order valence-corrected chi connectivity index (χ2v) is 5.70. The third kappa shape index (κ3) is 6.75. The zero-order chi connectivity index (χ0) is 20.6. The maximum absolute atomic E-state index is 12.7.